The van der Waals surface area contributed by atoms with E-state index in [4.69, 9.17) is 4.74 Å². The Morgan fingerprint density at radius 1 is 1.04 bits per heavy atom. The van der Waals surface area contributed by atoms with Crippen molar-refractivity contribution in [1.29, 1.82) is 0 Å². The van der Waals surface area contributed by atoms with Crippen LogP contribution in [0.3, 0.4) is 0 Å². The van der Waals surface area contributed by atoms with E-state index in [9.17, 15) is 9.59 Å². The van der Waals surface area contributed by atoms with E-state index in [-0.39, 0.29) is 6.42 Å². The molecule has 0 aromatic heterocycles. The van der Waals surface area contributed by atoms with Crippen LogP contribution in [0, 0.1) is 0 Å². The predicted molar refractivity (Wildman–Crippen MR) is 102 cm³/mol. The first-order valence-electron chi connectivity index (χ1n) is 10.3. The summed E-state index contributed by atoms with van der Waals surface area (Å²) in [5, 5.41) is 9.79. The van der Waals surface area contributed by atoms with Crippen molar-refractivity contribution in [1.82, 2.24) is 25.4 Å². The number of nitrogens with zero attached hydrogens (tertiary/aromatic N) is 4. The van der Waals surface area contributed by atoms with Gasteiger partial charge in [-0.15, -0.1) is 0 Å². The molecule has 0 aromatic rings. The lowest BCUT2D eigenvalue weighted by atomic mass is 10.0. The quantitative estimate of drug-likeness (QED) is 0.520. The smallest absolute Gasteiger partial charge is 0.312 e. The van der Waals surface area contributed by atoms with Gasteiger partial charge in [-0.25, -0.2) is 19.9 Å². The van der Waals surface area contributed by atoms with E-state index in [0.717, 1.165) is 65.2 Å². The normalized spacial score (nSPS) is 23.6. The van der Waals surface area contributed by atoms with Crippen LogP contribution in [0.1, 0.15) is 38.5 Å². The van der Waals surface area contributed by atoms with Crippen LogP contribution in [0.15, 0.2) is 5.70 Å². The van der Waals surface area contributed by atoms with Gasteiger partial charge in [-0.3, -0.25) is 9.69 Å². The lowest BCUT2D eigenvalue weighted by molar-refractivity contribution is -0.182. The number of carbonyl (C=O) groups excluding carboxylic acids is 2. The third-order valence-corrected chi connectivity index (χ3v) is 5.88. The number of ether oxygens (including phenoxy) is 1. The first kappa shape index (κ1) is 20.3. The van der Waals surface area contributed by atoms with Crippen molar-refractivity contribution >= 4 is 11.9 Å². The number of piperazine rings is 1. The van der Waals surface area contributed by atoms with Gasteiger partial charge in [0.1, 0.15) is 11.6 Å². The number of rotatable bonds is 6. The summed E-state index contributed by atoms with van der Waals surface area (Å²) in [6.07, 6.45) is 5.80. The Bertz CT molecular complexity index is 531. The maximum atomic E-state index is 11.8. The van der Waals surface area contributed by atoms with Crippen LogP contribution in [0.25, 0.3) is 0 Å². The molecule has 0 amide bonds. The highest BCUT2D eigenvalue weighted by Gasteiger charge is 2.32. The van der Waals surface area contributed by atoms with Crippen molar-refractivity contribution in [3.8, 4) is 0 Å². The van der Waals surface area contributed by atoms with Crippen molar-refractivity contribution in [3.05, 3.63) is 5.70 Å². The van der Waals surface area contributed by atoms with Gasteiger partial charge in [0.05, 0.1) is 13.5 Å². The molecule has 152 valence electrons. The first-order chi connectivity index (χ1) is 13.2. The monoisotopic (exact) mass is 379 g/mol. The lowest BCUT2D eigenvalue weighted by Crippen LogP contribution is -2.61. The maximum absolute atomic E-state index is 11.8. The van der Waals surface area contributed by atoms with E-state index in [1.54, 1.807) is 0 Å². The number of methoxy groups -OCH3 is 1. The Kier molecular flexibility index (Phi) is 7.67. The molecular weight excluding hydrogens is 346 g/mol. The van der Waals surface area contributed by atoms with E-state index in [1.165, 1.54) is 26.4 Å². The molecule has 0 bridgehead atoms. The van der Waals surface area contributed by atoms with E-state index in [0.29, 0.717) is 11.7 Å². The predicted octanol–water partition coefficient (Wildman–Crippen LogP) is 0.253. The molecule has 27 heavy (non-hydrogen) atoms. The SMILES string of the molecule is COC(=O)CC(=C=O)N(N1CCCCC1)N1CCN(C2CCNCC2)CC1. The average Bonchev–Trinajstić information content (AvgIpc) is 2.75. The van der Waals surface area contributed by atoms with Gasteiger partial charge in [0.2, 0.25) is 0 Å². The minimum absolute atomic E-state index is 0.0367. The fraction of sp³-hybridized carbons (Fsp3) is 0.842. The van der Waals surface area contributed by atoms with Crippen LogP contribution < -0.4 is 5.32 Å². The van der Waals surface area contributed by atoms with Crippen LogP contribution in [-0.2, 0) is 14.3 Å². The molecule has 3 saturated heterocycles. The molecule has 0 atom stereocenters. The Hall–Kier alpha value is -1.44. The van der Waals surface area contributed by atoms with Crippen LogP contribution in [0.5, 0.6) is 0 Å². The summed E-state index contributed by atoms with van der Waals surface area (Å²) >= 11 is 0. The molecule has 0 radical (unpaired) electrons. The number of hydrogen-bond acceptors (Lipinski definition) is 8. The summed E-state index contributed by atoms with van der Waals surface area (Å²) < 4.78 is 4.79. The van der Waals surface area contributed by atoms with Crippen LogP contribution in [0.4, 0.5) is 0 Å². The molecule has 0 spiro atoms. The van der Waals surface area contributed by atoms with Crippen molar-refractivity contribution in [2.45, 2.75) is 44.6 Å². The van der Waals surface area contributed by atoms with Crippen LogP contribution in [0.2, 0.25) is 0 Å². The van der Waals surface area contributed by atoms with Crippen molar-refractivity contribution in [2.24, 2.45) is 0 Å². The zero-order chi connectivity index (χ0) is 19.1. The first-order valence-corrected chi connectivity index (χ1v) is 10.3. The Labute approximate surface area is 162 Å². The van der Waals surface area contributed by atoms with Crippen LogP contribution >= 0.6 is 0 Å². The number of esters is 1. The highest BCUT2D eigenvalue weighted by atomic mass is 16.5. The number of hydrazine groups is 2. The summed E-state index contributed by atoms with van der Waals surface area (Å²) in [4.78, 5) is 26.1. The molecule has 3 heterocycles. The molecule has 8 heteroatoms. The second-order valence-electron chi connectivity index (χ2n) is 7.58. The number of carbonyl (C=O) groups is 1. The molecule has 0 saturated carbocycles. The molecule has 3 rings (SSSR count). The summed E-state index contributed by atoms with van der Waals surface area (Å²) in [5.41, 5.74) is 0.360. The van der Waals surface area contributed by atoms with Gasteiger partial charge in [-0.05, 0) is 38.8 Å². The highest BCUT2D eigenvalue weighted by Crippen LogP contribution is 2.22. The van der Waals surface area contributed by atoms with Crippen molar-refractivity contribution in [2.75, 3.05) is 59.5 Å². The molecule has 0 aliphatic carbocycles. The molecule has 0 unspecified atom stereocenters. The molecule has 3 aliphatic heterocycles. The average molecular weight is 380 g/mol. The maximum Gasteiger partial charge on any atom is 0.312 e. The second-order valence-corrected chi connectivity index (χ2v) is 7.58. The molecule has 1 N–H and O–H groups in total. The Balaban J connectivity index is 1.67. The third kappa shape index (κ3) is 5.30. The summed E-state index contributed by atoms with van der Waals surface area (Å²) in [6, 6.07) is 0.660. The standard InChI is InChI=1S/C19H33N5O3/c1-27-19(26)15-18(16-25)24(22-9-3-2-4-10-22)23-13-11-21(12-14-23)17-5-7-20-8-6-17/h17,20H,2-15H2,1H3. The third-order valence-electron chi connectivity index (χ3n) is 5.88. The van der Waals surface area contributed by atoms with E-state index in [2.05, 4.69) is 20.2 Å². The van der Waals surface area contributed by atoms with Gasteiger partial charge in [-0.1, -0.05) is 6.42 Å². The van der Waals surface area contributed by atoms with E-state index >= 15 is 0 Å². The molecular formula is C19H33N5O3. The summed E-state index contributed by atoms with van der Waals surface area (Å²) in [5.74, 6) is 1.62. The molecule has 3 fully saturated rings. The van der Waals surface area contributed by atoms with Crippen molar-refractivity contribution in [3.63, 3.8) is 0 Å². The fourth-order valence-electron chi connectivity index (χ4n) is 4.38. The zero-order valence-electron chi connectivity index (χ0n) is 16.5. The number of hydrogen-bond donors (Lipinski definition) is 1. The van der Waals surface area contributed by atoms with Gasteiger partial charge in [0, 0.05) is 45.3 Å². The van der Waals surface area contributed by atoms with Gasteiger partial charge < -0.3 is 10.1 Å². The Morgan fingerprint density at radius 3 is 2.26 bits per heavy atom. The van der Waals surface area contributed by atoms with Gasteiger partial charge in [0.15, 0.2) is 0 Å². The fourth-order valence-corrected chi connectivity index (χ4v) is 4.38. The van der Waals surface area contributed by atoms with Crippen molar-refractivity contribution < 1.29 is 14.3 Å². The van der Waals surface area contributed by atoms with E-state index < -0.39 is 5.97 Å². The lowest BCUT2D eigenvalue weighted by Gasteiger charge is -2.49. The molecule has 8 nitrogen and oxygen atoms in total. The number of piperidine rings is 2. The topological polar surface area (TPSA) is 68.4 Å². The minimum atomic E-state index is -0.399. The minimum Gasteiger partial charge on any atom is -0.469 e. The molecule has 3 aliphatic rings. The summed E-state index contributed by atoms with van der Waals surface area (Å²) in [6.45, 7) is 7.68. The van der Waals surface area contributed by atoms with E-state index in [1.807, 2.05) is 11.1 Å². The zero-order valence-corrected chi connectivity index (χ0v) is 16.5. The van der Waals surface area contributed by atoms with Gasteiger partial charge >= 0.3 is 5.97 Å². The van der Waals surface area contributed by atoms with Gasteiger partial charge in [-0.2, -0.15) is 0 Å². The summed E-state index contributed by atoms with van der Waals surface area (Å²) in [7, 11) is 1.35. The van der Waals surface area contributed by atoms with Crippen LogP contribution in [-0.4, -0.2) is 97.5 Å². The Morgan fingerprint density at radius 2 is 1.67 bits per heavy atom. The number of nitrogens with one attached hydrogen (secondary N) is 1. The highest BCUT2D eigenvalue weighted by molar-refractivity contribution is 5.75. The molecule has 0 aromatic carbocycles. The van der Waals surface area contributed by atoms with Gasteiger partial charge in [0.25, 0.3) is 0 Å². The largest absolute Gasteiger partial charge is 0.469 e. The second kappa shape index (κ2) is 10.2.